The zero-order chi connectivity index (χ0) is 11.7. The van der Waals surface area contributed by atoms with Gasteiger partial charge < -0.3 is 5.73 Å². The van der Waals surface area contributed by atoms with E-state index in [0.717, 1.165) is 6.04 Å². The number of rotatable bonds is 2. The molecule has 19 heavy (non-hydrogen) atoms. The number of nitrogens with zero attached hydrogens (tertiary/aromatic N) is 1. The first-order chi connectivity index (χ1) is 8.36. The Balaban J connectivity index is 0.000000902. The van der Waals surface area contributed by atoms with Crippen molar-refractivity contribution in [2.45, 2.75) is 44.7 Å². The summed E-state index contributed by atoms with van der Waals surface area (Å²) in [5.74, 6) is 0. The third-order valence-corrected chi connectivity index (χ3v) is 4.43. The van der Waals surface area contributed by atoms with E-state index in [1.807, 2.05) is 0 Å². The highest BCUT2D eigenvalue weighted by Crippen LogP contribution is 2.27. The molecule has 0 unspecified atom stereocenters. The second-order valence-electron chi connectivity index (χ2n) is 5.43. The molecule has 1 saturated carbocycles. The maximum Gasteiger partial charge on any atom is 0.0178 e. The van der Waals surface area contributed by atoms with Crippen LogP contribution in [0.3, 0.4) is 0 Å². The van der Waals surface area contributed by atoms with Crippen LogP contribution in [0.1, 0.15) is 36.0 Å². The van der Waals surface area contributed by atoms with Crippen LogP contribution in [0.4, 0.5) is 0 Å². The third kappa shape index (κ3) is 3.63. The number of hydrogen-bond acceptors (Lipinski definition) is 2. The minimum absolute atomic E-state index is 0. The van der Waals surface area contributed by atoms with E-state index in [4.69, 9.17) is 5.73 Å². The fourth-order valence-electron chi connectivity index (χ4n) is 3.04. The van der Waals surface area contributed by atoms with Crippen molar-refractivity contribution >= 4 is 24.8 Å². The molecule has 0 aromatic heterocycles. The lowest BCUT2D eigenvalue weighted by atomic mass is 9.91. The Kier molecular flexibility index (Phi) is 6.61. The molecule has 1 heterocycles. The average Bonchev–Trinajstić information content (AvgIpc) is 2.49. The molecule has 0 amide bonds. The summed E-state index contributed by atoms with van der Waals surface area (Å²) in [6.45, 7) is 3.16. The van der Waals surface area contributed by atoms with Gasteiger partial charge >= 0.3 is 0 Å². The molecule has 0 spiro atoms. The van der Waals surface area contributed by atoms with Gasteiger partial charge in [0.1, 0.15) is 0 Å². The van der Waals surface area contributed by atoms with Crippen LogP contribution in [-0.4, -0.2) is 24.0 Å². The number of benzene rings is 1. The van der Waals surface area contributed by atoms with E-state index in [2.05, 4.69) is 23.1 Å². The predicted molar refractivity (Wildman–Crippen MR) is 85.4 cm³/mol. The summed E-state index contributed by atoms with van der Waals surface area (Å²) in [5, 5.41) is 0. The molecule has 2 nitrogen and oxygen atoms in total. The Hall–Kier alpha value is -0.280. The molecule has 1 aliphatic carbocycles. The minimum atomic E-state index is 0. The van der Waals surface area contributed by atoms with Crippen LogP contribution in [0, 0.1) is 0 Å². The Morgan fingerprint density at radius 1 is 1.05 bits per heavy atom. The molecule has 2 aliphatic rings. The first kappa shape index (κ1) is 16.8. The Labute approximate surface area is 128 Å². The van der Waals surface area contributed by atoms with Crippen molar-refractivity contribution in [2.24, 2.45) is 5.73 Å². The van der Waals surface area contributed by atoms with Gasteiger partial charge in [-0.1, -0.05) is 24.6 Å². The molecule has 0 bridgehead atoms. The van der Waals surface area contributed by atoms with E-state index in [1.54, 1.807) is 5.56 Å². The van der Waals surface area contributed by atoms with Gasteiger partial charge in [-0.25, -0.2) is 0 Å². The summed E-state index contributed by atoms with van der Waals surface area (Å²) < 4.78 is 0. The van der Waals surface area contributed by atoms with Gasteiger partial charge in [0.25, 0.3) is 0 Å². The van der Waals surface area contributed by atoms with Crippen LogP contribution in [0.15, 0.2) is 18.2 Å². The smallest absolute Gasteiger partial charge is 0.0178 e. The van der Waals surface area contributed by atoms with Crippen molar-refractivity contribution in [2.75, 3.05) is 13.1 Å². The number of halogens is 2. The van der Waals surface area contributed by atoms with E-state index in [0.29, 0.717) is 6.54 Å². The number of nitrogens with two attached hydrogens (primary N) is 1. The molecule has 108 valence electrons. The quantitative estimate of drug-likeness (QED) is 0.910. The molecule has 1 aromatic carbocycles. The number of fused-ring (bicyclic) bond motifs is 1. The van der Waals surface area contributed by atoms with Gasteiger partial charge in [-0.05, 0) is 42.4 Å². The largest absolute Gasteiger partial charge is 0.326 e. The summed E-state index contributed by atoms with van der Waals surface area (Å²) in [7, 11) is 0. The van der Waals surface area contributed by atoms with Crippen LogP contribution >= 0.6 is 24.8 Å². The first-order valence-corrected chi connectivity index (χ1v) is 6.91. The van der Waals surface area contributed by atoms with Crippen molar-refractivity contribution in [3.8, 4) is 0 Å². The summed E-state index contributed by atoms with van der Waals surface area (Å²) in [5.41, 5.74) is 10.1. The van der Waals surface area contributed by atoms with E-state index in [1.165, 1.54) is 56.3 Å². The second kappa shape index (κ2) is 7.49. The molecule has 2 N–H and O–H groups in total. The molecule has 1 aliphatic heterocycles. The van der Waals surface area contributed by atoms with E-state index >= 15 is 0 Å². The summed E-state index contributed by atoms with van der Waals surface area (Å²) >= 11 is 0. The van der Waals surface area contributed by atoms with Gasteiger partial charge in [-0.2, -0.15) is 0 Å². The van der Waals surface area contributed by atoms with Crippen LogP contribution in [-0.2, 0) is 19.4 Å². The molecule has 1 aromatic rings. The van der Waals surface area contributed by atoms with Gasteiger partial charge in [0.05, 0.1) is 0 Å². The van der Waals surface area contributed by atoms with Crippen molar-refractivity contribution in [1.29, 1.82) is 0 Å². The maximum atomic E-state index is 5.72. The van der Waals surface area contributed by atoms with E-state index in [9.17, 15) is 0 Å². The van der Waals surface area contributed by atoms with E-state index < -0.39 is 0 Å². The monoisotopic (exact) mass is 302 g/mol. The molecule has 0 atom stereocenters. The second-order valence-corrected chi connectivity index (χ2v) is 5.43. The van der Waals surface area contributed by atoms with Gasteiger partial charge in [-0.15, -0.1) is 24.8 Å². The highest BCUT2D eigenvalue weighted by Gasteiger charge is 2.26. The average molecular weight is 303 g/mol. The zero-order valence-electron chi connectivity index (χ0n) is 11.3. The normalized spacial score (nSPS) is 19.4. The van der Waals surface area contributed by atoms with Crippen molar-refractivity contribution in [1.82, 2.24) is 4.90 Å². The van der Waals surface area contributed by atoms with Crippen molar-refractivity contribution in [3.63, 3.8) is 0 Å². The molecule has 4 heteroatoms. The number of hydrogen-bond donors (Lipinski definition) is 1. The highest BCUT2D eigenvalue weighted by atomic mass is 35.5. The van der Waals surface area contributed by atoms with E-state index in [-0.39, 0.29) is 24.8 Å². The standard InChI is InChI=1S/C15H22N2.2ClH/c16-11-12-4-5-13-6-8-17(15-2-1-3-15)9-7-14(13)10-12;;/h4-5,10,15H,1-3,6-9,11,16H2;2*1H. The zero-order valence-corrected chi connectivity index (χ0v) is 12.9. The summed E-state index contributed by atoms with van der Waals surface area (Å²) in [6.07, 6.45) is 6.70. The SMILES string of the molecule is Cl.Cl.NCc1ccc2c(c1)CCN(C1CCC1)CC2. The lowest BCUT2D eigenvalue weighted by Crippen LogP contribution is -2.41. The van der Waals surface area contributed by atoms with Gasteiger partial charge in [0.15, 0.2) is 0 Å². The molecule has 3 rings (SSSR count). The fraction of sp³-hybridized carbons (Fsp3) is 0.600. The highest BCUT2D eigenvalue weighted by molar-refractivity contribution is 5.85. The van der Waals surface area contributed by atoms with Crippen LogP contribution in [0.25, 0.3) is 0 Å². The maximum absolute atomic E-state index is 5.72. The summed E-state index contributed by atoms with van der Waals surface area (Å²) in [6, 6.07) is 7.69. The Bertz CT molecular complexity index is 405. The van der Waals surface area contributed by atoms with Gasteiger partial charge in [0, 0.05) is 25.7 Å². The van der Waals surface area contributed by atoms with Crippen molar-refractivity contribution in [3.05, 3.63) is 34.9 Å². The predicted octanol–water partition coefficient (Wildman–Crippen LogP) is 2.94. The van der Waals surface area contributed by atoms with Crippen LogP contribution < -0.4 is 5.73 Å². The Morgan fingerprint density at radius 3 is 2.32 bits per heavy atom. The molecular weight excluding hydrogens is 279 g/mol. The third-order valence-electron chi connectivity index (χ3n) is 4.43. The first-order valence-electron chi connectivity index (χ1n) is 6.91. The Morgan fingerprint density at radius 2 is 1.74 bits per heavy atom. The van der Waals surface area contributed by atoms with Gasteiger partial charge in [0.2, 0.25) is 0 Å². The molecule has 1 fully saturated rings. The molecule has 0 saturated heterocycles. The fourth-order valence-corrected chi connectivity index (χ4v) is 3.04. The summed E-state index contributed by atoms with van der Waals surface area (Å²) in [4.78, 5) is 2.70. The van der Waals surface area contributed by atoms with Crippen LogP contribution in [0.5, 0.6) is 0 Å². The van der Waals surface area contributed by atoms with Crippen LogP contribution in [0.2, 0.25) is 0 Å². The topological polar surface area (TPSA) is 29.3 Å². The lowest BCUT2D eigenvalue weighted by molar-refractivity contribution is 0.133. The van der Waals surface area contributed by atoms with Crippen molar-refractivity contribution < 1.29 is 0 Å². The molecular formula is C15H24Cl2N2. The lowest BCUT2D eigenvalue weighted by Gasteiger charge is -2.36. The van der Waals surface area contributed by atoms with Gasteiger partial charge in [-0.3, -0.25) is 4.90 Å². The minimum Gasteiger partial charge on any atom is -0.326 e. The molecule has 0 radical (unpaired) electrons.